The molecule has 1 aromatic carbocycles. The monoisotopic (exact) mass is 429 g/mol. The molecule has 30 heavy (non-hydrogen) atoms. The third kappa shape index (κ3) is 5.21. The van der Waals surface area contributed by atoms with Crippen LogP contribution in [0, 0.1) is 5.82 Å². The maximum atomic E-state index is 13.9. The minimum atomic E-state index is -4.68. The van der Waals surface area contributed by atoms with Crippen molar-refractivity contribution in [3.63, 3.8) is 0 Å². The number of alkyl halides is 3. The molecule has 3 rings (SSSR count). The van der Waals surface area contributed by atoms with E-state index in [1.54, 1.807) is 13.0 Å². The van der Waals surface area contributed by atoms with Crippen LogP contribution in [0.15, 0.2) is 28.8 Å². The summed E-state index contributed by atoms with van der Waals surface area (Å²) in [5.74, 6) is -0.887. The first kappa shape index (κ1) is 21.9. The van der Waals surface area contributed by atoms with E-state index >= 15 is 0 Å². The lowest BCUT2D eigenvalue weighted by Gasteiger charge is -2.37. The Labute approximate surface area is 171 Å². The van der Waals surface area contributed by atoms with Crippen LogP contribution in [0.25, 0.3) is 0 Å². The van der Waals surface area contributed by atoms with Gasteiger partial charge in [0.15, 0.2) is 5.69 Å². The standard InChI is InChI=1S/C19H23F4N5O2/c1-3-27-6-8-28(9-7-27)15-5-4-13(20)10-14(15)12(2)24-18(29)25-17-11-16(26-30-17)19(21,22)23/h4-5,10-12H,3,6-9H2,1-2H3,(H2,24,25,29). The highest BCUT2D eigenvalue weighted by molar-refractivity contribution is 5.88. The van der Waals surface area contributed by atoms with Crippen molar-refractivity contribution in [2.45, 2.75) is 26.1 Å². The van der Waals surface area contributed by atoms with E-state index in [1.807, 2.05) is 0 Å². The fourth-order valence-corrected chi connectivity index (χ4v) is 3.36. The van der Waals surface area contributed by atoms with Gasteiger partial charge in [-0.3, -0.25) is 5.32 Å². The van der Waals surface area contributed by atoms with Crippen molar-refractivity contribution in [1.29, 1.82) is 0 Å². The predicted octanol–water partition coefficient (Wildman–Crippen LogP) is 3.86. The maximum absolute atomic E-state index is 13.9. The lowest BCUT2D eigenvalue weighted by Crippen LogP contribution is -2.46. The van der Waals surface area contributed by atoms with E-state index < -0.39 is 35.6 Å². The molecule has 2 aromatic rings. The Morgan fingerprint density at radius 2 is 1.93 bits per heavy atom. The number of hydrogen-bond donors (Lipinski definition) is 2. The third-order valence-electron chi connectivity index (χ3n) is 5.00. The smallest absolute Gasteiger partial charge is 0.369 e. The number of amides is 2. The van der Waals surface area contributed by atoms with Gasteiger partial charge in [-0.15, -0.1) is 0 Å². The second-order valence-electron chi connectivity index (χ2n) is 7.02. The largest absolute Gasteiger partial charge is 0.436 e. The van der Waals surface area contributed by atoms with Gasteiger partial charge in [0.05, 0.1) is 6.04 Å². The zero-order chi connectivity index (χ0) is 21.9. The van der Waals surface area contributed by atoms with Gasteiger partial charge in [-0.05, 0) is 31.7 Å². The second-order valence-corrected chi connectivity index (χ2v) is 7.02. The first-order valence-electron chi connectivity index (χ1n) is 9.55. The molecule has 1 aliphatic heterocycles. The SMILES string of the molecule is CCN1CCN(c2ccc(F)cc2C(C)NC(=O)Nc2cc(C(F)(F)F)no2)CC1. The molecule has 2 N–H and O–H groups in total. The van der Waals surface area contributed by atoms with Crippen LogP contribution < -0.4 is 15.5 Å². The molecule has 1 atom stereocenters. The summed E-state index contributed by atoms with van der Waals surface area (Å²) < 4.78 is 56.1. The number of benzene rings is 1. The van der Waals surface area contributed by atoms with E-state index in [2.05, 4.69) is 37.0 Å². The Balaban J connectivity index is 1.68. The van der Waals surface area contributed by atoms with E-state index in [4.69, 9.17) is 0 Å². The lowest BCUT2D eigenvalue weighted by molar-refractivity contribution is -0.142. The van der Waals surface area contributed by atoms with Crippen LogP contribution >= 0.6 is 0 Å². The fourth-order valence-electron chi connectivity index (χ4n) is 3.36. The Hall–Kier alpha value is -2.82. The highest BCUT2D eigenvalue weighted by Crippen LogP contribution is 2.30. The Morgan fingerprint density at radius 3 is 2.53 bits per heavy atom. The van der Waals surface area contributed by atoms with Crippen LogP contribution in [0.5, 0.6) is 0 Å². The molecule has 1 unspecified atom stereocenters. The van der Waals surface area contributed by atoms with Crippen molar-refractivity contribution in [3.8, 4) is 0 Å². The molecule has 11 heteroatoms. The normalized spacial score (nSPS) is 16.4. The Bertz CT molecular complexity index is 878. The Morgan fingerprint density at radius 1 is 1.23 bits per heavy atom. The molecule has 164 valence electrons. The molecule has 0 radical (unpaired) electrons. The topological polar surface area (TPSA) is 73.6 Å². The third-order valence-corrected chi connectivity index (χ3v) is 5.00. The minimum absolute atomic E-state index is 0.442. The zero-order valence-electron chi connectivity index (χ0n) is 16.6. The van der Waals surface area contributed by atoms with Crippen LogP contribution in [0.2, 0.25) is 0 Å². The summed E-state index contributed by atoms with van der Waals surface area (Å²) in [6.07, 6.45) is -4.68. The number of piperazine rings is 1. The highest BCUT2D eigenvalue weighted by atomic mass is 19.4. The summed E-state index contributed by atoms with van der Waals surface area (Å²) >= 11 is 0. The first-order chi connectivity index (χ1) is 14.2. The predicted molar refractivity (Wildman–Crippen MR) is 103 cm³/mol. The van der Waals surface area contributed by atoms with E-state index in [0.29, 0.717) is 11.6 Å². The number of rotatable bonds is 5. The van der Waals surface area contributed by atoms with Gasteiger partial charge in [0.25, 0.3) is 0 Å². The van der Waals surface area contributed by atoms with Crippen molar-refractivity contribution in [3.05, 3.63) is 41.3 Å². The van der Waals surface area contributed by atoms with Crippen molar-refractivity contribution in [2.75, 3.05) is 42.9 Å². The van der Waals surface area contributed by atoms with Crippen molar-refractivity contribution >= 4 is 17.6 Å². The summed E-state index contributed by atoms with van der Waals surface area (Å²) in [4.78, 5) is 16.6. The van der Waals surface area contributed by atoms with Gasteiger partial charge in [0, 0.05) is 43.5 Å². The van der Waals surface area contributed by atoms with Crippen molar-refractivity contribution in [2.24, 2.45) is 0 Å². The quantitative estimate of drug-likeness (QED) is 0.707. The number of halogens is 4. The van der Waals surface area contributed by atoms with Crippen molar-refractivity contribution in [1.82, 2.24) is 15.4 Å². The van der Waals surface area contributed by atoms with Gasteiger partial charge < -0.3 is 19.6 Å². The van der Waals surface area contributed by atoms with Crippen LogP contribution in [0.1, 0.15) is 31.1 Å². The Kier molecular flexibility index (Phi) is 6.49. The summed E-state index contributed by atoms with van der Waals surface area (Å²) in [5.41, 5.74) is 0.132. The van der Waals surface area contributed by atoms with Gasteiger partial charge in [-0.2, -0.15) is 13.2 Å². The minimum Gasteiger partial charge on any atom is -0.369 e. The molecule has 0 spiro atoms. The molecule has 1 aliphatic rings. The number of urea groups is 1. The fraction of sp³-hybridized carbons (Fsp3) is 0.474. The number of nitrogens with zero attached hydrogens (tertiary/aromatic N) is 3. The maximum Gasteiger partial charge on any atom is 0.436 e. The number of hydrogen-bond acceptors (Lipinski definition) is 5. The number of carbonyl (C=O) groups excluding carboxylic acids is 1. The summed E-state index contributed by atoms with van der Waals surface area (Å²) in [5, 5.41) is 7.64. The first-order valence-corrected chi connectivity index (χ1v) is 9.55. The van der Waals surface area contributed by atoms with Crippen LogP contribution in [-0.4, -0.2) is 48.8 Å². The van der Waals surface area contributed by atoms with E-state index in [1.165, 1.54) is 12.1 Å². The van der Waals surface area contributed by atoms with E-state index in [9.17, 15) is 22.4 Å². The van der Waals surface area contributed by atoms with Gasteiger partial charge in [0.1, 0.15) is 5.82 Å². The molecule has 0 saturated carbocycles. The molecule has 0 aliphatic carbocycles. The van der Waals surface area contributed by atoms with Crippen LogP contribution in [0.3, 0.4) is 0 Å². The molecule has 0 bridgehead atoms. The molecule has 2 heterocycles. The average Bonchev–Trinajstić information content (AvgIpc) is 3.17. The molecular weight excluding hydrogens is 406 g/mol. The summed E-state index contributed by atoms with van der Waals surface area (Å²) in [7, 11) is 0. The average molecular weight is 429 g/mol. The molecule has 1 fully saturated rings. The summed E-state index contributed by atoms with van der Waals surface area (Å²) in [6.45, 7) is 8.01. The van der Waals surface area contributed by atoms with Gasteiger partial charge in [-0.1, -0.05) is 12.1 Å². The molecule has 1 aromatic heterocycles. The molecule has 7 nitrogen and oxygen atoms in total. The van der Waals surface area contributed by atoms with Gasteiger partial charge in [-0.25, -0.2) is 9.18 Å². The number of aromatic nitrogens is 1. The van der Waals surface area contributed by atoms with E-state index in [-0.39, 0.29) is 0 Å². The number of likely N-dealkylation sites (N-methyl/N-ethyl adjacent to an activating group) is 1. The molecular formula is C19H23F4N5O2. The summed E-state index contributed by atoms with van der Waals surface area (Å²) in [6, 6.07) is 3.58. The molecule has 1 saturated heterocycles. The van der Waals surface area contributed by atoms with E-state index in [0.717, 1.165) is 38.4 Å². The van der Waals surface area contributed by atoms with Crippen molar-refractivity contribution < 1.29 is 26.9 Å². The van der Waals surface area contributed by atoms with Crippen LogP contribution in [-0.2, 0) is 6.18 Å². The zero-order valence-corrected chi connectivity index (χ0v) is 16.6. The lowest BCUT2D eigenvalue weighted by atomic mass is 10.0. The van der Waals surface area contributed by atoms with Crippen LogP contribution in [0.4, 0.5) is 33.9 Å². The van der Waals surface area contributed by atoms with Gasteiger partial charge in [0.2, 0.25) is 5.88 Å². The molecule has 2 amide bonds. The number of nitrogens with one attached hydrogen (secondary N) is 2. The number of anilines is 2. The second kappa shape index (κ2) is 8.90. The number of carbonyl (C=O) groups is 1. The highest BCUT2D eigenvalue weighted by Gasteiger charge is 2.35. The van der Waals surface area contributed by atoms with Gasteiger partial charge >= 0.3 is 12.2 Å².